The Kier molecular flexibility index (Phi) is 4.24. The van der Waals surface area contributed by atoms with Crippen LogP contribution in [0.3, 0.4) is 0 Å². The van der Waals surface area contributed by atoms with E-state index in [0.717, 1.165) is 0 Å². The molecule has 2 amide bonds. The van der Waals surface area contributed by atoms with E-state index in [-0.39, 0.29) is 24.5 Å². The van der Waals surface area contributed by atoms with Crippen molar-refractivity contribution in [1.29, 1.82) is 0 Å². The van der Waals surface area contributed by atoms with Crippen molar-refractivity contribution in [2.24, 2.45) is 0 Å². The number of urea groups is 1. The monoisotopic (exact) mass is 253 g/mol. The lowest BCUT2D eigenvalue weighted by Crippen LogP contribution is -2.60. The zero-order valence-corrected chi connectivity index (χ0v) is 10.1. The lowest BCUT2D eigenvalue weighted by atomic mass is 9.94. The molecule has 0 saturated carbocycles. The molecule has 1 heterocycles. The molecule has 0 aromatic rings. The van der Waals surface area contributed by atoms with Crippen molar-refractivity contribution in [3.8, 4) is 0 Å². The van der Waals surface area contributed by atoms with Crippen molar-refractivity contribution >= 4 is 6.03 Å². The number of carbonyl (C=O) groups is 1. The molecule has 1 fully saturated rings. The van der Waals surface area contributed by atoms with Gasteiger partial charge in [-0.3, -0.25) is 0 Å². The van der Waals surface area contributed by atoms with Crippen LogP contribution < -0.4 is 10.6 Å². The molecule has 0 radical (unpaired) electrons. The lowest BCUT2D eigenvalue weighted by Gasteiger charge is -2.37. The largest absolute Gasteiger partial charge is 0.403 e. The van der Waals surface area contributed by atoms with E-state index in [1.165, 1.54) is 4.90 Å². The van der Waals surface area contributed by atoms with Crippen molar-refractivity contribution in [3.05, 3.63) is 0 Å². The molecule has 2 N–H and O–H groups in total. The molecule has 0 aromatic carbocycles. The van der Waals surface area contributed by atoms with Gasteiger partial charge in [0.15, 0.2) is 0 Å². The summed E-state index contributed by atoms with van der Waals surface area (Å²) >= 11 is 0. The highest BCUT2D eigenvalue weighted by molar-refractivity contribution is 5.73. The minimum atomic E-state index is -4.22. The number of hydrogen-bond donors (Lipinski definition) is 2. The maximum Gasteiger partial charge on any atom is 0.403 e. The summed E-state index contributed by atoms with van der Waals surface area (Å²) in [7, 11) is 3.18. The Hall–Kier alpha value is -0.980. The van der Waals surface area contributed by atoms with Gasteiger partial charge < -0.3 is 15.5 Å². The van der Waals surface area contributed by atoms with Gasteiger partial charge in [-0.05, 0) is 19.8 Å². The first-order valence-electron chi connectivity index (χ1n) is 5.52. The number of nitrogens with one attached hydrogen (secondary N) is 2. The zero-order valence-electron chi connectivity index (χ0n) is 10.1. The van der Waals surface area contributed by atoms with Gasteiger partial charge in [-0.25, -0.2) is 4.79 Å². The molecule has 1 aliphatic heterocycles. The van der Waals surface area contributed by atoms with Crippen LogP contribution >= 0.6 is 0 Å². The predicted molar refractivity (Wildman–Crippen MR) is 57.7 cm³/mol. The molecule has 0 aliphatic carbocycles. The molecule has 4 nitrogen and oxygen atoms in total. The van der Waals surface area contributed by atoms with E-state index < -0.39 is 12.2 Å². The fourth-order valence-corrected chi connectivity index (χ4v) is 1.86. The Morgan fingerprint density at radius 3 is 2.35 bits per heavy atom. The Balaban J connectivity index is 2.51. The Bertz CT molecular complexity index is 280. The summed E-state index contributed by atoms with van der Waals surface area (Å²) in [6.07, 6.45) is -3.89. The summed E-state index contributed by atoms with van der Waals surface area (Å²) in [5.41, 5.74) is 0. The lowest BCUT2D eigenvalue weighted by molar-refractivity contribution is -0.163. The SMILES string of the molecule is CC1NC(C(F)(F)F)CCC1NC(=O)N(C)C. The average Bonchev–Trinajstić information content (AvgIpc) is 2.19. The molecule has 0 aromatic heterocycles. The first-order valence-corrected chi connectivity index (χ1v) is 5.52. The fourth-order valence-electron chi connectivity index (χ4n) is 1.86. The number of amides is 2. The summed E-state index contributed by atoms with van der Waals surface area (Å²) in [5.74, 6) is 0. The van der Waals surface area contributed by atoms with Gasteiger partial charge in [0.1, 0.15) is 6.04 Å². The van der Waals surface area contributed by atoms with Gasteiger partial charge in [-0.15, -0.1) is 0 Å². The number of piperidine rings is 1. The Labute approximate surface area is 98.5 Å². The topological polar surface area (TPSA) is 44.4 Å². The van der Waals surface area contributed by atoms with Crippen LogP contribution in [0.5, 0.6) is 0 Å². The molecule has 1 aliphatic rings. The van der Waals surface area contributed by atoms with Crippen LogP contribution in [-0.4, -0.2) is 49.3 Å². The van der Waals surface area contributed by atoms with Gasteiger partial charge in [0, 0.05) is 26.2 Å². The molecule has 7 heteroatoms. The maximum absolute atomic E-state index is 12.5. The normalized spacial score (nSPS) is 29.9. The highest BCUT2D eigenvalue weighted by Crippen LogP contribution is 2.27. The zero-order chi connectivity index (χ0) is 13.2. The Morgan fingerprint density at radius 2 is 1.94 bits per heavy atom. The van der Waals surface area contributed by atoms with Gasteiger partial charge in [0.05, 0.1) is 0 Å². The third kappa shape index (κ3) is 3.76. The summed E-state index contributed by atoms with van der Waals surface area (Å²) in [4.78, 5) is 12.8. The number of hydrogen-bond acceptors (Lipinski definition) is 2. The van der Waals surface area contributed by atoms with Gasteiger partial charge in [-0.2, -0.15) is 13.2 Å². The summed E-state index contributed by atoms with van der Waals surface area (Å²) < 4.78 is 37.4. The Morgan fingerprint density at radius 1 is 1.35 bits per heavy atom. The highest BCUT2D eigenvalue weighted by Gasteiger charge is 2.43. The number of alkyl halides is 3. The van der Waals surface area contributed by atoms with E-state index in [4.69, 9.17) is 0 Å². The van der Waals surface area contributed by atoms with Crippen molar-refractivity contribution in [3.63, 3.8) is 0 Å². The van der Waals surface area contributed by atoms with Gasteiger partial charge >= 0.3 is 12.2 Å². The molecule has 3 atom stereocenters. The van der Waals surface area contributed by atoms with Gasteiger partial charge in [0.25, 0.3) is 0 Å². The molecule has 1 rings (SSSR count). The molecule has 1 saturated heterocycles. The minimum absolute atomic E-state index is 0.00772. The third-order valence-electron chi connectivity index (χ3n) is 2.94. The molecular formula is C10H18F3N3O. The first kappa shape index (κ1) is 14.1. The number of halogens is 3. The molecule has 100 valence electrons. The van der Waals surface area contributed by atoms with E-state index in [1.54, 1.807) is 21.0 Å². The fraction of sp³-hybridized carbons (Fsp3) is 0.900. The van der Waals surface area contributed by atoms with Crippen molar-refractivity contribution in [1.82, 2.24) is 15.5 Å². The van der Waals surface area contributed by atoms with E-state index in [0.29, 0.717) is 6.42 Å². The maximum atomic E-state index is 12.5. The first-order chi connectivity index (χ1) is 7.71. The second-order valence-electron chi connectivity index (χ2n) is 4.58. The van der Waals surface area contributed by atoms with E-state index in [1.807, 2.05) is 0 Å². The van der Waals surface area contributed by atoms with Crippen LogP contribution in [0.1, 0.15) is 19.8 Å². The van der Waals surface area contributed by atoms with Crippen molar-refractivity contribution in [2.75, 3.05) is 14.1 Å². The summed E-state index contributed by atoms with van der Waals surface area (Å²) in [6.45, 7) is 1.65. The quantitative estimate of drug-likeness (QED) is 0.740. The van der Waals surface area contributed by atoms with Crippen LogP contribution in [-0.2, 0) is 0 Å². The number of rotatable bonds is 1. The second-order valence-corrected chi connectivity index (χ2v) is 4.58. The smallest absolute Gasteiger partial charge is 0.334 e. The van der Waals surface area contributed by atoms with Crippen LogP contribution in [0.4, 0.5) is 18.0 Å². The molecule has 3 unspecified atom stereocenters. The van der Waals surface area contributed by atoms with Gasteiger partial charge in [0.2, 0.25) is 0 Å². The highest BCUT2D eigenvalue weighted by atomic mass is 19.4. The summed E-state index contributed by atoms with van der Waals surface area (Å²) in [6, 6.07) is -2.40. The molecule has 0 spiro atoms. The standard InChI is InChI=1S/C10H18F3N3O/c1-6-7(15-9(17)16(2)3)4-5-8(14-6)10(11,12)13/h6-8,14H,4-5H2,1-3H3,(H,15,17). The van der Waals surface area contributed by atoms with Crippen LogP contribution in [0.15, 0.2) is 0 Å². The van der Waals surface area contributed by atoms with E-state index >= 15 is 0 Å². The van der Waals surface area contributed by atoms with E-state index in [9.17, 15) is 18.0 Å². The number of nitrogens with zero attached hydrogens (tertiary/aromatic N) is 1. The molecular weight excluding hydrogens is 235 g/mol. The van der Waals surface area contributed by atoms with Crippen molar-refractivity contribution in [2.45, 2.75) is 44.1 Å². The third-order valence-corrected chi connectivity index (χ3v) is 2.94. The van der Waals surface area contributed by atoms with Crippen LogP contribution in [0, 0.1) is 0 Å². The predicted octanol–water partition coefficient (Wildman–Crippen LogP) is 1.33. The minimum Gasteiger partial charge on any atom is -0.334 e. The molecule has 17 heavy (non-hydrogen) atoms. The van der Waals surface area contributed by atoms with Crippen LogP contribution in [0.2, 0.25) is 0 Å². The van der Waals surface area contributed by atoms with Crippen LogP contribution in [0.25, 0.3) is 0 Å². The van der Waals surface area contributed by atoms with Crippen molar-refractivity contribution < 1.29 is 18.0 Å². The van der Waals surface area contributed by atoms with E-state index in [2.05, 4.69) is 10.6 Å². The number of carbonyl (C=O) groups excluding carboxylic acids is 1. The van der Waals surface area contributed by atoms with Gasteiger partial charge in [-0.1, -0.05) is 0 Å². The second kappa shape index (κ2) is 5.12. The molecule has 0 bridgehead atoms. The average molecular weight is 253 g/mol. The summed E-state index contributed by atoms with van der Waals surface area (Å²) in [5, 5.41) is 5.19.